The van der Waals surface area contributed by atoms with Gasteiger partial charge in [-0.3, -0.25) is 9.59 Å². The minimum Gasteiger partial charge on any atom is -0.378 e. The van der Waals surface area contributed by atoms with Crippen LogP contribution in [0, 0.1) is 11.8 Å². The predicted octanol–water partition coefficient (Wildman–Crippen LogP) is 2.93. The Labute approximate surface area is 195 Å². The number of anilines is 2. The summed E-state index contributed by atoms with van der Waals surface area (Å²) in [4.78, 5) is 35.3. The molecule has 33 heavy (non-hydrogen) atoms. The molecule has 1 aromatic heterocycles. The van der Waals surface area contributed by atoms with E-state index in [0.717, 1.165) is 75.5 Å². The number of hydrogen-bond donors (Lipinski definition) is 1. The summed E-state index contributed by atoms with van der Waals surface area (Å²) < 4.78 is 5.40. The van der Waals surface area contributed by atoms with Crippen molar-refractivity contribution < 1.29 is 14.3 Å². The van der Waals surface area contributed by atoms with E-state index in [9.17, 15) is 9.59 Å². The van der Waals surface area contributed by atoms with Gasteiger partial charge in [0.05, 0.1) is 19.1 Å². The van der Waals surface area contributed by atoms with E-state index in [1.165, 1.54) is 5.56 Å². The minimum absolute atomic E-state index is 0.0159. The third-order valence-corrected chi connectivity index (χ3v) is 7.18. The number of morpholine rings is 1. The van der Waals surface area contributed by atoms with Crippen molar-refractivity contribution in [2.24, 2.45) is 11.8 Å². The maximum absolute atomic E-state index is 13.5. The fraction of sp³-hybridized carbons (Fsp3) is 0.500. The Morgan fingerprint density at radius 1 is 1.00 bits per heavy atom. The minimum atomic E-state index is -0.264. The molecule has 2 aromatic rings. The van der Waals surface area contributed by atoms with Crippen molar-refractivity contribution in [2.75, 3.05) is 42.6 Å². The average Bonchev–Trinajstić information content (AvgIpc) is 3.32. The van der Waals surface area contributed by atoms with E-state index in [0.29, 0.717) is 13.1 Å². The lowest BCUT2D eigenvalue weighted by Crippen LogP contribution is -2.45. The zero-order valence-electron chi connectivity index (χ0n) is 19.0. The van der Waals surface area contributed by atoms with Crippen molar-refractivity contribution in [3.05, 3.63) is 53.7 Å². The molecule has 7 nitrogen and oxygen atoms in total. The molecule has 0 radical (unpaired) electrons. The molecule has 1 N–H and O–H groups in total. The maximum atomic E-state index is 13.5. The number of ether oxygens (including phenoxy) is 1. The summed E-state index contributed by atoms with van der Waals surface area (Å²) in [6.07, 6.45) is 6.27. The number of hydrogen-bond acceptors (Lipinski definition) is 5. The molecule has 1 aromatic carbocycles. The van der Waals surface area contributed by atoms with Crippen LogP contribution in [0.15, 0.2) is 42.6 Å². The number of para-hydroxylation sites is 1. The zero-order chi connectivity index (χ0) is 22.6. The van der Waals surface area contributed by atoms with Gasteiger partial charge in [-0.25, -0.2) is 4.98 Å². The Kier molecular flexibility index (Phi) is 6.58. The molecule has 0 unspecified atom stereocenters. The number of rotatable bonds is 5. The number of aromatic nitrogens is 1. The van der Waals surface area contributed by atoms with Crippen LogP contribution in [0.5, 0.6) is 0 Å². The number of nitrogens with zero attached hydrogens (tertiary/aromatic N) is 3. The number of benzene rings is 1. The van der Waals surface area contributed by atoms with E-state index in [4.69, 9.17) is 4.74 Å². The van der Waals surface area contributed by atoms with Gasteiger partial charge in [-0.2, -0.15) is 0 Å². The molecule has 2 atom stereocenters. The van der Waals surface area contributed by atoms with E-state index >= 15 is 0 Å². The molecule has 0 bridgehead atoms. The van der Waals surface area contributed by atoms with Crippen LogP contribution in [0.2, 0.25) is 0 Å². The maximum Gasteiger partial charge on any atom is 0.230 e. The van der Waals surface area contributed by atoms with Crippen LogP contribution in [-0.4, -0.2) is 49.6 Å². The van der Waals surface area contributed by atoms with Crippen molar-refractivity contribution in [1.82, 2.24) is 10.3 Å². The molecule has 2 aliphatic heterocycles. The molecule has 7 heteroatoms. The summed E-state index contributed by atoms with van der Waals surface area (Å²) in [5, 5.41) is 3.08. The average molecular weight is 449 g/mol. The van der Waals surface area contributed by atoms with Gasteiger partial charge in [0.15, 0.2) is 0 Å². The van der Waals surface area contributed by atoms with Gasteiger partial charge < -0.3 is 19.9 Å². The highest BCUT2D eigenvalue weighted by molar-refractivity contribution is 5.99. The van der Waals surface area contributed by atoms with Crippen molar-refractivity contribution in [3.63, 3.8) is 0 Å². The Balaban J connectivity index is 1.21. The van der Waals surface area contributed by atoms with Crippen LogP contribution in [0.4, 0.5) is 11.5 Å². The Hall–Kier alpha value is -2.93. The van der Waals surface area contributed by atoms with Crippen LogP contribution in [0.25, 0.3) is 0 Å². The van der Waals surface area contributed by atoms with Gasteiger partial charge in [-0.15, -0.1) is 0 Å². The van der Waals surface area contributed by atoms with Gasteiger partial charge in [0.25, 0.3) is 0 Å². The number of amides is 2. The molecule has 5 rings (SSSR count). The van der Waals surface area contributed by atoms with Gasteiger partial charge >= 0.3 is 0 Å². The van der Waals surface area contributed by atoms with Gasteiger partial charge in [0.2, 0.25) is 11.8 Å². The van der Waals surface area contributed by atoms with Crippen LogP contribution in [-0.2, 0) is 27.3 Å². The number of pyridine rings is 1. The topological polar surface area (TPSA) is 74.8 Å². The third kappa shape index (κ3) is 4.74. The van der Waals surface area contributed by atoms with Gasteiger partial charge in [-0.1, -0.05) is 37.1 Å². The van der Waals surface area contributed by atoms with Crippen molar-refractivity contribution in [3.8, 4) is 0 Å². The smallest absolute Gasteiger partial charge is 0.230 e. The lowest BCUT2D eigenvalue weighted by atomic mass is 9.77. The highest BCUT2D eigenvalue weighted by Gasteiger charge is 2.39. The third-order valence-electron chi connectivity index (χ3n) is 7.18. The summed E-state index contributed by atoms with van der Waals surface area (Å²) in [6, 6.07) is 12.1. The molecular weight excluding hydrogens is 416 g/mol. The highest BCUT2D eigenvalue weighted by atomic mass is 16.5. The zero-order valence-corrected chi connectivity index (χ0v) is 19.0. The second kappa shape index (κ2) is 9.91. The fourth-order valence-electron chi connectivity index (χ4n) is 5.33. The van der Waals surface area contributed by atoms with E-state index in [2.05, 4.69) is 21.3 Å². The second-order valence-electron chi connectivity index (χ2n) is 9.21. The predicted molar refractivity (Wildman–Crippen MR) is 127 cm³/mol. The van der Waals surface area contributed by atoms with Crippen molar-refractivity contribution >= 4 is 23.3 Å². The standard InChI is InChI=1S/C26H32N4O3/c31-25(28-18-19-9-10-24(27-17-19)29-13-15-33-16-14-29)21-6-2-3-7-22(21)26(32)30-12-11-20-5-1-4-8-23(20)30/h1,4-5,8-10,17,21-22H,2-3,6-7,11-16,18H2,(H,28,31)/t21-,22-/m0/s1. The first-order chi connectivity index (χ1) is 16.2. The number of nitrogens with one attached hydrogen (secondary N) is 1. The molecule has 1 saturated carbocycles. The monoisotopic (exact) mass is 448 g/mol. The first-order valence-corrected chi connectivity index (χ1v) is 12.2. The van der Waals surface area contributed by atoms with Gasteiger partial charge in [-0.05, 0) is 42.5 Å². The lowest BCUT2D eigenvalue weighted by molar-refractivity contribution is -0.135. The van der Waals surface area contributed by atoms with Crippen LogP contribution < -0.4 is 15.1 Å². The second-order valence-corrected chi connectivity index (χ2v) is 9.21. The van der Waals surface area contributed by atoms with Crippen molar-refractivity contribution in [2.45, 2.75) is 38.6 Å². The van der Waals surface area contributed by atoms with Crippen molar-refractivity contribution in [1.29, 1.82) is 0 Å². The number of fused-ring (bicyclic) bond motifs is 1. The first kappa shape index (κ1) is 21.9. The quantitative estimate of drug-likeness (QED) is 0.761. The van der Waals surface area contributed by atoms with Crippen LogP contribution >= 0.6 is 0 Å². The van der Waals surface area contributed by atoms with E-state index in [1.807, 2.05) is 41.4 Å². The molecule has 2 amide bonds. The molecule has 174 valence electrons. The Bertz CT molecular complexity index is 987. The van der Waals surface area contributed by atoms with Gasteiger partial charge in [0.1, 0.15) is 5.82 Å². The highest BCUT2D eigenvalue weighted by Crippen LogP contribution is 2.36. The number of carbonyl (C=O) groups excluding carboxylic acids is 2. The molecule has 0 spiro atoms. The fourth-order valence-corrected chi connectivity index (χ4v) is 5.33. The molecular formula is C26H32N4O3. The number of carbonyl (C=O) groups is 2. The van der Waals surface area contributed by atoms with E-state index < -0.39 is 0 Å². The normalized spacial score (nSPS) is 22.7. The summed E-state index contributed by atoms with van der Waals surface area (Å²) in [7, 11) is 0. The summed E-state index contributed by atoms with van der Waals surface area (Å²) in [6.45, 7) is 4.29. The lowest BCUT2D eigenvalue weighted by Gasteiger charge is -2.32. The molecule has 1 aliphatic carbocycles. The molecule has 2 fully saturated rings. The molecule has 3 heterocycles. The van der Waals surface area contributed by atoms with Gasteiger partial charge in [0, 0.05) is 44.0 Å². The van der Waals surface area contributed by atoms with E-state index in [1.54, 1.807) is 0 Å². The van der Waals surface area contributed by atoms with Crippen LogP contribution in [0.1, 0.15) is 36.8 Å². The van der Waals surface area contributed by atoms with E-state index in [-0.39, 0.29) is 23.7 Å². The Morgan fingerprint density at radius 3 is 2.58 bits per heavy atom. The molecule has 1 saturated heterocycles. The summed E-state index contributed by atoms with van der Waals surface area (Å²) in [5.41, 5.74) is 3.20. The first-order valence-electron chi connectivity index (χ1n) is 12.2. The SMILES string of the molecule is O=C(NCc1ccc(N2CCOCC2)nc1)[C@H]1CCCC[C@@H]1C(=O)N1CCc2ccccc21. The summed E-state index contributed by atoms with van der Waals surface area (Å²) >= 11 is 0. The Morgan fingerprint density at radius 2 is 1.79 bits per heavy atom. The largest absolute Gasteiger partial charge is 0.378 e. The van der Waals surface area contributed by atoms with Crippen LogP contribution in [0.3, 0.4) is 0 Å². The summed E-state index contributed by atoms with van der Waals surface area (Å²) in [5.74, 6) is 0.526. The molecule has 3 aliphatic rings.